The van der Waals surface area contributed by atoms with E-state index in [1.807, 2.05) is 0 Å². The third-order valence-corrected chi connectivity index (χ3v) is 3.05. The highest BCUT2D eigenvalue weighted by molar-refractivity contribution is 9.09. The Morgan fingerprint density at radius 3 is 1.94 bits per heavy atom. The van der Waals surface area contributed by atoms with E-state index < -0.39 is 28.3 Å². The van der Waals surface area contributed by atoms with Crippen LogP contribution in [0.25, 0.3) is 0 Å². The first kappa shape index (κ1) is 14.3. The molecule has 1 rings (SSSR count). The van der Waals surface area contributed by atoms with Gasteiger partial charge in [0.05, 0.1) is 5.56 Å². The van der Waals surface area contributed by atoms with E-state index >= 15 is 0 Å². The van der Waals surface area contributed by atoms with Gasteiger partial charge in [-0.05, 0) is 24.6 Å². The maximum Gasteiger partial charge on any atom is 0.416 e. The second-order valence-electron chi connectivity index (χ2n) is 3.53. The van der Waals surface area contributed by atoms with E-state index in [-0.39, 0.29) is 5.56 Å². The van der Waals surface area contributed by atoms with E-state index in [1.165, 1.54) is 6.92 Å². The molecular weight excluding hydrogens is 314 g/mol. The topological polar surface area (TPSA) is 0 Å². The highest BCUT2D eigenvalue weighted by Gasteiger charge is 2.40. The summed E-state index contributed by atoms with van der Waals surface area (Å²) in [6.07, 6.45) is -9.28. The maximum absolute atomic E-state index is 12.4. The molecule has 96 valence electrons. The highest BCUT2D eigenvalue weighted by atomic mass is 79.9. The van der Waals surface area contributed by atoms with Gasteiger partial charge in [-0.2, -0.15) is 26.3 Å². The van der Waals surface area contributed by atoms with Crippen LogP contribution in [0.2, 0.25) is 0 Å². The Bertz CT molecular complexity index is 406. The average Bonchev–Trinajstić information content (AvgIpc) is 2.12. The van der Waals surface area contributed by atoms with Crippen LogP contribution in [0.15, 0.2) is 18.2 Å². The zero-order valence-corrected chi connectivity index (χ0v) is 10.0. The molecule has 1 aromatic carbocycles. The molecule has 0 aromatic heterocycles. The lowest BCUT2D eigenvalue weighted by atomic mass is 10.0. The first-order chi connectivity index (χ1) is 7.51. The first-order valence-electron chi connectivity index (χ1n) is 4.41. The van der Waals surface area contributed by atoms with Crippen molar-refractivity contribution in [1.29, 1.82) is 0 Å². The molecule has 17 heavy (non-hydrogen) atoms. The summed E-state index contributed by atoms with van der Waals surface area (Å²) in [5.74, 6) is 0. The van der Waals surface area contributed by atoms with Crippen LogP contribution in [0, 0.1) is 6.92 Å². The van der Waals surface area contributed by atoms with Crippen LogP contribution >= 0.6 is 15.9 Å². The smallest absolute Gasteiger partial charge is 0.169 e. The summed E-state index contributed by atoms with van der Waals surface area (Å²) in [4.78, 5) is -2.10. The van der Waals surface area contributed by atoms with Gasteiger partial charge >= 0.3 is 12.4 Å². The molecule has 1 aromatic rings. The Morgan fingerprint density at radius 2 is 1.53 bits per heavy atom. The van der Waals surface area contributed by atoms with Gasteiger partial charge in [-0.3, -0.25) is 0 Å². The van der Waals surface area contributed by atoms with Crippen molar-refractivity contribution >= 4 is 15.9 Å². The minimum atomic E-state index is -4.65. The molecule has 0 N–H and O–H groups in total. The molecule has 1 atom stereocenters. The molecule has 0 saturated heterocycles. The molecule has 0 aliphatic carbocycles. The lowest BCUT2D eigenvalue weighted by molar-refractivity contribution is -0.138. The van der Waals surface area contributed by atoms with Crippen molar-refractivity contribution < 1.29 is 26.3 Å². The number of aryl methyl sites for hydroxylation is 1. The van der Waals surface area contributed by atoms with Crippen LogP contribution < -0.4 is 0 Å². The number of hydrogen-bond acceptors (Lipinski definition) is 0. The normalized spacial score (nSPS) is 14.8. The fourth-order valence-corrected chi connectivity index (χ4v) is 1.58. The van der Waals surface area contributed by atoms with Crippen LogP contribution in [-0.4, -0.2) is 6.18 Å². The maximum atomic E-state index is 12.4. The number of benzene rings is 1. The number of hydrogen-bond donors (Lipinski definition) is 0. The third kappa shape index (κ3) is 3.62. The summed E-state index contributed by atoms with van der Waals surface area (Å²) >= 11 is 2.35. The van der Waals surface area contributed by atoms with Crippen molar-refractivity contribution in [3.05, 3.63) is 34.9 Å². The molecule has 0 spiro atoms. The predicted molar refractivity (Wildman–Crippen MR) is 53.9 cm³/mol. The van der Waals surface area contributed by atoms with E-state index in [9.17, 15) is 26.3 Å². The number of halogens is 7. The van der Waals surface area contributed by atoms with E-state index in [4.69, 9.17) is 0 Å². The van der Waals surface area contributed by atoms with Gasteiger partial charge < -0.3 is 0 Å². The van der Waals surface area contributed by atoms with E-state index in [0.717, 1.165) is 12.1 Å². The van der Waals surface area contributed by atoms with Gasteiger partial charge in [0.2, 0.25) is 0 Å². The van der Waals surface area contributed by atoms with Crippen molar-refractivity contribution in [3.63, 3.8) is 0 Å². The van der Waals surface area contributed by atoms with Gasteiger partial charge in [0, 0.05) is 0 Å². The molecular formula is C10H7BrF6. The summed E-state index contributed by atoms with van der Waals surface area (Å²) in [5.41, 5.74) is -1.41. The summed E-state index contributed by atoms with van der Waals surface area (Å²) < 4.78 is 74.3. The molecule has 7 heteroatoms. The van der Waals surface area contributed by atoms with Crippen molar-refractivity contribution in [1.82, 2.24) is 0 Å². The monoisotopic (exact) mass is 320 g/mol. The highest BCUT2D eigenvalue weighted by Crippen LogP contribution is 2.41. The zero-order chi connectivity index (χ0) is 13.4. The standard InChI is InChI=1S/C10H7BrF6/c1-5-2-6(8(11)10(15,16)17)4-7(3-5)9(12,13)14/h2-4,8H,1H3. The zero-order valence-electron chi connectivity index (χ0n) is 8.46. The fourth-order valence-electron chi connectivity index (χ4n) is 1.31. The largest absolute Gasteiger partial charge is 0.416 e. The summed E-state index contributed by atoms with van der Waals surface area (Å²) in [7, 11) is 0. The van der Waals surface area contributed by atoms with Crippen molar-refractivity contribution in [2.24, 2.45) is 0 Å². The van der Waals surface area contributed by atoms with E-state index in [1.54, 1.807) is 0 Å². The second-order valence-corrected chi connectivity index (χ2v) is 4.45. The van der Waals surface area contributed by atoms with Gasteiger partial charge in [0.1, 0.15) is 4.83 Å². The molecule has 0 nitrogen and oxygen atoms in total. The summed E-state index contributed by atoms with van der Waals surface area (Å²) in [6, 6.07) is 2.38. The van der Waals surface area contributed by atoms with Crippen LogP contribution in [0.5, 0.6) is 0 Å². The molecule has 0 fully saturated rings. The van der Waals surface area contributed by atoms with Crippen LogP contribution in [0.3, 0.4) is 0 Å². The summed E-state index contributed by atoms with van der Waals surface area (Å²) in [6.45, 7) is 1.31. The molecule has 0 heterocycles. The van der Waals surface area contributed by atoms with Gasteiger partial charge in [0.15, 0.2) is 0 Å². The second kappa shape index (κ2) is 4.51. The molecule has 0 radical (unpaired) electrons. The van der Waals surface area contributed by atoms with Crippen LogP contribution in [0.4, 0.5) is 26.3 Å². The quantitative estimate of drug-likeness (QED) is 0.504. The SMILES string of the molecule is Cc1cc(C(Br)C(F)(F)F)cc(C(F)(F)F)c1. The Labute approximate surface area is 102 Å². The fraction of sp³-hybridized carbons (Fsp3) is 0.400. The van der Waals surface area contributed by atoms with Gasteiger partial charge in [-0.15, -0.1) is 0 Å². The number of alkyl halides is 7. The molecule has 0 amide bonds. The Balaban J connectivity index is 3.24. The van der Waals surface area contributed by atoms with Crippen molar-refractivity contribution in [2.45, 2.75) is 24.1 Å². The number of rotatable bonds is 1. The van der Waals surface area contributed by atoms with Gasteiger partial charge in [0.25, 0.3) is 0 Å². The minimum Gasteiger partial charge on any atom is -0.169 e. The van der Waals surface area contributed by atoms with Gasteiger partial charge in [-0.1, -0.05) is 27.6 Å². The molecule has 0 saturated carbocycles. The van der Waals surface area contributed by atoms with Crippen molar-refractivity contribution in [2.75, 3.05) is 0 Å². The molecule has 1 unspecified atom stereocenters. The van der Waals surface area contributed by atoms with Crippen molar-refractivity contribution in [3.8, 4) is 0 Å². The third-order valence-electron chi connectivity index (χ3n) is 2.01. The van der Waals surface area contributed by atoms with Crippen LogP contribution in [-0.2, 0) is 6.18 Å². The predicted octanol–water partition coefficient (Wildman–Crippen LogP) is 5.01. The lowest BCUT2D eigenvalue weighted by Crippen LogP contribution is -2.16. The molecule has 0 aliphatic rings. The molecule has 0 aliphatic heterocycles. The van der Waals surface area contributed by atoms with E-state index in [0.29, 0.717) is 6.07 Å². The lowest BCUT2D eigenvalue weighted by Gasteiger charge is -2.17. The van der Waals surface area contributed by atoms with Gasteiger partial charge in [-0.25, -0.2) is 0 Å². The Hall–Kier alpha value is -0.720. The average molecular weight is 321 g/mol. The van der Waals surface area contributed by atoms with Crippen LogP contribution in [0.1, 0.15) is 21.5 Å². The molecule has 0 bridgehead atoms. The van der Waals surface area contributed by atoms with E-state index in [2.05, 4.69) is 15.9 Å². The first-order valence-corrected chi connectivity index (χ1v) is 5.33. The minimum absolute atomic E-state index is 0.128. The summed E-state index contributed by atoms with van der Waals surface area (Å²) in [5, 5.41) is 0. The Morgan fingerprint density at radius 1 is 1.00 bits per heavy atom. The Kier molecular flexibility index (Phi) is 3.81.